The third-order valence-electron chi connectivity index (χ3n) is 3.66. The zero-order chi connectivity index (χ0) is 15.6. The molecule has 0 spiro atoms. The summed E-state index contributed by atoms with van der Waals surface area (Å²) in [5.74, 6) is 0.145. The number of rotatable bonds is 4. The number of ketones is 1. The molecule has 0 radical (unpaired) electrons. The predicted molar refractivity (Wildman–Crippen MR) is 89.9 cm³/mol. The third-order valence-corrected chi connectivity index (χ3v) is 6.08. The van der Waals surface area contributed by atoms with Crippen molar-refractivity contribution in [3.63, 3.8) is 0 Å². The van der Waals surface area contributed by atoms with Crippen molar-refractivity contribution < 1.29 is 13.2 Å². The highest BCUT2D eigenvalue weighted by atomic mass is 79.9. The maximum absolute atomic E-state index is 12.4. The van der Waals surface area contributed by atoms with E-state index >= 15 is 0 Å². The monoisotopic (exact) mass is 437 g/mol. The second-order valence-electron chi connectivity index (χ2n) is 5.38. The van der Waals surface area contributed by atoms with Crippen molar-refractivity contribution in [3.05, 3.63) is 32.7 Å². The van der Waals surface area contributed by atoms with Crippen LogP contribution in [0, 0.1) is 5.92 Å². The molecule has 1 unspecified atom stereocenters. The summed E-state index contributed by atoms with van der Waals surface area (Å²) in [5.41, 5.74) is 0.648. The van der Waals surface area contributed by atoms with Crippen LogP contribution in [0.15, 0.2) is 27.1 Å². The summed E-state index contributed by atoms with van der Waals surface area (Å²) >= 11 is 6.76. The molecular formula is C14H17Br2NO3S. The summed E-state index contributed by atoms with van der Waals surface area (Å²) in [6, 6.07) is 5.46. The number of nitrogens with zero attached hydrogens (tertiary/aromatic N) is 1. The second kappa shape index (κ2) is 6.89. The molecule has 1 aliphatic heterocycles. The van der Waals surface area contributed by atoms with Gasteiger partial charge >= 0.3 is 0 Å². The van der Waals surface area contributed by atoms with Crippen molar-refractivity contribution in [2.75, 3.05) is 19.3 Å². The molecule has 21 heavy (non-hydrogen) atoms. The lowest BCUT2D eigenvalue weighted by molar-refractivity contribution is 0.0941. The van der Waals surface area contributed by atoms with E-state index in [0.717, 1.165) is 21.8 Å². The molecule has 0 aromatic heterocycles. The summed E-state index contributed by atoms with van der Waals surface area (Å²) in [6.07, 6.45) is 3.31. The van der Waals surface area contributed by atoms with Crippen LogP contribution in [0.2, 0.25) is 0 Å². The van der Waals surface area contributed by atoms with E-state index in [1.54, 1.807) is 6.07 Å². The highest BCUT2D eigenvalue weighted by Crippen LogP contribution is 2.27. The average Bonchev–Trinajstić information content (AvgIpc) is 2.37. The first-order valence-corrected chi connectivity index (χ1v) is 10.1. The van der Waals surface area contributed by atoms with Crippen LogP contribution in [-0.2, 0) is 10.0 Å². The molecule has 0 bridgehead atoms. The van der Waals surface area contributed by atoms with Crippen molar-refractivity contribution in [1.82, 2.24) is 4.31 Å². The molecule has 1 saturated heterocycles. The smallest absolute Gasteiger partial charge is 0.211 e. The average molecular weight is 439 g/mol. The molecule has 1 aromatic rings. The first-order chi connectivity index (χ1) is 9.77. The van der Waals surface area contributed by atoms with Crippen molar-refractivity contribution in [2.45, 2.75) is 19.3 Å². The summed E-state index contributed by atoms with van der Waals surface area (Å²) in [4.78, 5) is 12.4. The quantitative estimate of drug-likeness (QED) is 0.676. The van der Waals surface area contributed by atoms with E-state index in [1.807, 2.05) is 12.1 Å². The molecule has 0 aliphatic carbocycles. The van der Waals surface area contributed by atoms with Gasteiger partial charge in [-0.2, -0.15) is 0 Å². The third kappa shape index (κ3) is 4.61. The van der Waals surface area contributed by atoms with Crippen LogP contribution in [0.4, 0.5) is 0 Å². The van der Waals surface area contributed by atoms with E-state index in [9.17, 15) is 13.2 Å². The largest absolute Gasteiger partial charge is 0.294 e. The van der Waals surface area contributed by atoms with Crippen LogP contribution in [-0.4, -0.2) is 37.9 Å². The highest BCUT2D eigenvalue weighted by Gasteiger charge is 2.27. The molecule has 1 fully saturated rings. The van der Waals surface area contributed by atoms with Gasteiger partial charge in [-0.3, -0.25) is 4.79 Å². The lowest BCUT2D eigenvalue weighted by Gasteiger charge is -2.30. The second-order valence-corrected chi connectivity index (χ2v) is 9.13. The highest BCUT2D eigenvalue weighted by molar-refractivity contribution is 9.11. The summed E-state index contributed by atoms with van der Waals surface area (Å²) in [6.45, 7) is 1.00. The van der Waals surface area contributed by atoms with Gasteiger partial charge in [0.1, 0.15) is 0 Å². The summed E-state index contributed by atoms with van der Waals surface area (Å²) in [5, 5.41) is 0. The molecule has 116 valence electrons. The molecule has 1 aliphatic rings. The van der Waals surface area contributed by atoms with Gasteiger partial charge in [-0.05, 0) is 37.0 Å². The maximum Gasteiger partial charge on any atom is 0.211 e. The van der Waals surface area contributed by atoms with Gasteiger partial charge in [0.25, 0.3) is 0 Å². The molecule has 1 heterocycles. The molecule has 0 N–H and O–H groups in total. The van der Waals surface area contributed by atoms with E-state index in [4.69, 9.17) is 0 Å². The normalized spacial score (nSPS) is 20.4. The van der Waals surface area contributed by atoms with Gasteiger partial charge in [0.05, 0.1) is 6.26 Å². The van der Waals surface area contributed by atoms with E-state index in [2.05, 4.69) is 31.9 Å². The zero-order valence-corrected chi connectivity index (χ0v) is 15.7. The Labute approximate surface area is 142 Å². The van der Waals surface area contributed by atoms with Gasteiger partial charge in [-0.25, -0.2) is 12.7 Å². The van der Waals surface area contributed by atoms with Crippen LogP contribution in [0.1, 0.15) is 29.6 Å². The van der Waals surface area contributed by atoms with Gasteiger partial charge in [-0.1, -0.05) is 31.9 Å². The number of piperidine rings is 1. The molecule has 0 amide bonds. The standard InChI is InChI=1S/C14H17Br2NO3S/c1-21(19,20)17-6-2-3-10(9-17)7-14(18)12-5-4-11(15)8-13(12)16/h4-5,8,10H,2-3,6-7,9H2,1H3. The Kier molecular flexibility index (Phi) is 5.62. The van der Waals surface area contributed by atoms with Crippen molar-refractivity contribution in [2.24, 2.45) is 5.92 Å². The number of hydrogen-bond acceptors (Lipinski definition) is 3. The lowest BCUT2D eigenvalue weighted by Crippen LogP contribution is -2.39. The number of hydrogen-bond donors (Lipinski definition) is 0. The number of sulfonamides is 1. The molecule has 7 heteroatoms. The molecule has 1 aromatic carbocycles. The minimum absolute atomic E-state index is 0.0507. The minimum atomic E-state index is -3.17. The van der Waals surface area contributed by atoms with Crippen LogP contribution >= 0.6 is 31.9 Å². The number of benzene rings is 1. The Morgan fingerprint density at radius 1 is 1.38 bits per heavy atom. The molecule has 0 saturated carbocycles. The number of Topliss-reactive ketones (excluding diaryl/α,β-unsaturated/α-hetero) is 1. The van der Waals surface area contributed by atoms with Gasteiger partial charge < -0.3 is 0 Å². The van der Waals surface area contributed by atoms with Crippen LogP contribution in [0.25, 0.3) is 0 Å². The van der Waals surface area contributed by atoms with E-state index in [-0.39, 0.29) is 11.7 Å². The Hall–Kier alpha value is -0.240. The minimum Gasteiger partial charge on any atom is -0.294 e. The van der Waals surface area contributed by atoms with Crippen molar-refractivity contribution in [3.8, 4) is 0 Å². The Balaban J connectivity index is 2.05. The summed E-state index contributed by atoms with van der Waals surface area (Å²) < 4.78 is 26.4. The first-order valence-electron chi connectivity index (χ1n) is 6.71. The Bertz CT molecular complexity index is 646. The van der Waals surface area contributed by atoms with Gasteiger partial charge in [-0.15, -0.1) is 0 Å². The SMILES string of the molecule is CS(=O)(=O)N1CCCC(CC(=O)c2ccc(Br)cc2Br)C1. The zero-order valence-electron chi connectivity index (χ0n) is 11.7. The Morgan fingerprint density at radius 2 is 2.10 bits per heavy atom. The Morgan fingerprint density at radius 3 is 2.71 bits per heavy atom. The molecular weight excluding hydrogens is 422 g/mol. The summed E-state index contributed by atoms with van der Waals surface area (Å²) in [7, 11) is -3.17. The van der Waals surface area contributed by atoms with E-state index in [1.165, 1.54) is 10.6 Å². The number of carbonyl (C=O) groups excluding carboxylic acids is 1. The number of halogens is 2. The van der Waals surface area contributed by atoms with Crippen molar-refractivity contribution in [1.29, 1.82) is 0 Å². The first kappa shape index (κ1) is 17.1. The van der Waals surface area contributed by atoms with Crippen LogP contribution < -0.4 is 0 Å². The topological polar surface area (TPSA) is 54.5 Å². The van der Waals surface area contributed by atoms with Gasteiger partial charge in [0.2, 0.25) is 10.0 Å². The van der Waals surface area contributed by atoms with Gasteiger partial charge in [0, 0.05) is 34.0 Å². The molecule has 1 atom stereocenters. The fourth-order valence-electron chi connectivity index (χ4n) is 2.58. The molecule has 2 rings (SSSR count). The van der Waals surface area contributed by atoms with E-state index < -0.39 is 10.0 Å². The van der Waals surface area contributed by atoms with E-state index in [0.29, 0.717) is 25.1 Å². The predicted octanol–water partition coefficient (Wildman–Crippen LogP) is 3.46. The lowest BCUT2D eigenvalue weighted by atomic mass is 9.92. The van der Waals surface area contributed by atoms with Crippen LogP contribution in [0.5, 0.6) is 0 Å². The maximum atomic E-state index is 12.4. The molecule has 4 nitrogen and oxygen atoms in total. The fourth-order valence-corrected chi connectivity index (χ4v) is 4.79. The fraction of sp³-hybridized carbons (Fsp3) is 0.500. The number of carbonyl (C=O) groups is 1. The van der Waals surface area contributed by atoms with Crippen LogP contribution in [0.3, 0.4) is 0 Å². The van der Waals surface area contributed by atoms with Crippen molar-refractivity contribution >= 4 is 47.7 Å². The van der Waals surface area contributed by atoms with Gasteiger partial charge in [0.15, 0.2) is 5.78 Å².